The van der Waals surface area contributed by atoms with Gasteiger partial charge in [0.2, 0.25) is 0 Å². The van der Waals surface area contributed by atoms with E-state index in [1.807, 2.05) is 0 Å². The monoisotopic (exact) mass is 434 g/mol. The zero-order chi connectivity index (χ0) is 12.9. The van der Waals surface area contributed by atoms with E-state index in [1.165, 1.54) is 0 Å². The predicted octanol–water partition coefficient (Wildman–Crippen LogP) is -7.68. The van der Waals surface area contributed by atoms with Gasteiger partial charge in [-0.05, 0) is 0 Å². The summed E-state index contributed by atoms with van der Waals surface area (Å²) < 4.78 is 8.58. The van der Waals surface area contributed by atoms with Crippen molar-refractivity contribution in [2.75, 3.05) is 0 Å². The molecular weight excluding hydrogens is 425 g/mol. The molecule has 0 unspecified atom stereocenters. The summed E-state index contributed by atoms with van der Waals surface area (Å²) in [6.45, 7) is 3.15. The third-order valence-electron chi connectivity index (χ3n) is 0.352. The first-order valence-electron chi connectivity index (χ1n) is 3.22. The van der Waals surface area contributed by atoms with Crippen molar-refractivity contribution in [3.8, 4) is 0 Å². The van der Waals surface area contributed by atoms with Gasteiger partial charge in [0.1, 0.15) is 0 Å². The minimum Gasteiger partial charge on any atom is -0.719 e. The van der Waals surface area contributed by atoms with Gasteiger partial charge in [-0.3, -0.25) is 15.3 Å². The number of hydrogen-bond donors (Lipinski definition) is 0. The molecule has 16 heavy (non-hydrogen) atoms. The molecule has 0 atom stereocenters. The molecule has 0 aliphatic rings. The first-order chi connectivity index (χ1) is 6.81. The van der Waals surface area contributed by atoms with Crippen LogP contribution in [-0.4, -0.2) is 44.1 Å². The smallest absolute Gasteiger partial charge is 0.719 e. The second kappa shape index (κ2) is 19.3. The normalized spacial score (nSPS) is 11.1. The number of hydrogen-bond acceptors (Lipinski definition) is 6. The van der Waals surface area contributed by atoms with Gasteiger partial charge in [0.25, 0.3) is 0 Å². The fourth-order valence-corrected chi connectivity index (χ4v) is 0. The molecule has 0 aromatic rings. The van der Waals surface area contributed by atoms with Crippen molar-refractivity contribution in [2.24, 2.45) is 0 Å². The topological polar surface area (TPSA) is 172 Å². The third kappa shape index (κ3) is 78.8. The summed E-state index contributed by atoms with van der Waals surface area (Å²) >= 11 is 0. The molecule has 0 spiro atoms. The van der Waals surface area contributed by atoms with E-state index in [4.69, 9.17) is 15.8 Å². The number of carboxylic acids is 3. The van der Waals surface area contributed by atoms with E-state index in [0.717, 1.165) is 20.8 Å². The van der Waals surface area contributed by atoms with Gasteiger partial charge < -0.3 is 29.5 Å². The molecule has 0 N–H and O–H groups in total. The summed E-state index contributed by atoms with van der Waals surface area (Å²) in [7, 11) is 0. The second-order valence-electron chi connectivity index (χ2n) is 1.72. The van der Waals surface area contributed by atoms with E-state index < -0.39 is 17.9 Å². The van der Waals surface area contributed by atoms with Crippen LogP contribution < -0.4 is 31.1 Å². The van der Waals surface area contributed by atoms with E-state index in [2.05, 4.69) is 13.7 Å². The van der Waals surface area contributed by atoms with E-state index in [-0.39, 0.29) is 26.2 Å². The molecule has 0 bridgehead atoms. The molecule has 2 radical (unpaired) electrons. The van der Waals surface area contributed by atoms with E-state index in [9.17, 15) is 15.3 Å². The first kappa shape index (κ1) is 24.1. The van der Waals surface area contributed by atoms with Gasteiger partial charge in [-0.1, -0.05) is 0 Å². The molecule has 0 aromatic carbocycles. The van der Waals surface area contributed by atoms with Crippen molar-refractivity contribution < 1.29 is 44.8 Å². The number of carbonyl (C=O) groups excluding carboxylic acids is 3. The summed E-state index contributed by atoms with van der Waals surface area (Å²) in [6.07, 6.45) is 0. The standard InChI is InChI=1S/3C2H4O3.Bi/c3*1-2(3)5-4;/h3*3H,1H3;/q;;;+3/p-3. The van der Waals surface area contributed by atoms with Crippen LogP contribution in [0.15, 0.2) is 0 Å². The molecule has 10 heteroatoms. The number of carboxylic acid groups (broad SMARTS) is 3. The Morgan fingerprint density at radius 2 is 0.688 bits per heavy atom. The fourth-order valence-electron chi connectivity index (χ4n) is 0. The molecule has 0 rings (SSSR count). The summed E-state index contributed by atoms with van der Waals surface area (Å²) in [5, 5.41) is 54.2. The van der Waals surface area contributed by atoms with E-state index in [0.29, 0.717) is 0 Å². The van der Waals surface area contributed by atoms with E-state index in [1.54, 1.807) is 0 Å². The quantitative estimate of drug-likeness (QED) is 0.159. The number of rotatable bonds is 0. The summed E-state index contributed by atoms with van der Waals surface area (Å²) in [6, 6.07) is 0. The largest absolute Gasteiger partial charge is 3.00 e. The predicted molar refractivity (Wildman–Crippen MR) is 37.8 cm³/mol. The average molecular weight is 434 g/mol. The molecular formula is C6H9BiO9. The minimum atomic E-state index is -0.801. The molecule has 0 saturated heterocycles. The van der Waals surface area contributed by atoms with Crippen LogP contribution in [0.1, 0.15) is 20.8 Å². The minimum absolute atomic E-state index is 0. The third-order valence-corrected chi connectivity index (χ3v) is 0.352. The van der Waals surface area contributed by atoms with Crippen LogP contribution in [0, 0.1) is 0 Å². The Labute approximate surface area is 110 Å². The van der Waals surface area contributed by atoms with Gasteiger partial charge in [0.05, 0.1) is 0 Å². The van der Waals surface area contributed by atoms with Crippen molar-refractivity contribution in [1.82, 2.24) is 0 Å². The van der Waals surface area contributed by atoms with Crippen LogP contribution in [0.3, 0.4) is 0 Å². The molecule has 0 aliphatic carbocycles. The molecule has 0 amide bonds. The molecule has 0 saturated carbocycles. The van der Waals surface area contributed by atoms with Crippen LogP contribution in [0.4, 0.5) is 0 Å². The van der Waals surface area contributed by atoms with Gasteiger partial charge in [0, 0.05) is 20.8 Å². The summed E-state index contributed by atoms with van der Waals surface area (Å²) in [5.41, 5.74) is 0. The SMILES string of the molecule is CC([O-])=[O+][O-].CC([O-])=[O+][O-].CC([O-])=[O+][O-].[Bi+3]. The summed E-state index contributed by atoms with van der Waals surface area (Å²) in [4.78, 5) is 0. The molecule has 0 fully saturated rings. The Hall–Kier alpha value is -1.31. The van der Waals surface area contributed by atoms with Gasteiger partial charge in [-0.25, -0.2) is 0 Å². The van der Waals surface area contributed by atoms with Crippen molar-refractivity contribution in [2.45, 2.75) is 20.8 Å². The van der Waals surface area contributed by atoms with Crippen LogP contribution >= 0.6 is 0 Å². The Morgan fingerprint density at radius 3 is 0.688 bits per heavy atom. The Kier molecular flexibility index (Phi) is 29.1. The van der Waals surface area contributed by atoms with Crippen molar-refractivity contribution in [3.05, 3.63) is 0 Å². The van der Waals surface area contributed by atoms with Crippen LogP contribution in [0.5, 0.6) is 0 Å². The maximum atomic E-state index is 9.28. The molecule has 92 valence electrons. The van der Waals surface area contributed by atoms with Crippen LogP contribution in [-0.2, 0) is 13.7 Å². The zero-order valence-electron chi connectivity index (χ0n) is 8.62. The van der Waals surface area contributed by atoms with Gasteiger partial charge in [-0.15, -0.1) is 0 Å². The second-order valence-corrected chi connectivity index (χ2v) is 1.72. The van der Waals surface area contributed by atoms with Crippen LogP contribution in [0.25, 0.3) is 0 Å². The summed E-state index contributed by atoms with van der Waals surface area (Å²) in [5.74, 6) is -2.40. The van der Waals surface area contributed by atoms with Gasteiger partial charge in [0.15, 0.2) is 0 Å². The fraction of sp³-hybridized carbons (Fsp3) is 0.500. The van der Waals surface area contributed by atoms with E-state index >= 15 is 0 Å². The maximum Gasteiger partial charge on any atom is 3.00 e. The average Bonchev–Trinajstić information content (AvgIpc) is 2.19. The Morgan fingerprint density at radius 1 is 0.625 bits per heavy atom. The number of aliphatic carboxylic acids is 3. The first-order valence-corrected chi connectivity index (χ1v) is 3.22. The van der Waals surface area contributed by atoms with Gasteiger partial charge in [-0.2, -0.15) is 0 Å². The van der Waals surface area contributed by atoms with Gasteiger partial charge >= 0.3 is 44.1 Å². The molecule has 0 aromatic heterocycles. The molecule has 0 aliphatic heterocycles. The van der Waals surface area contributed by atoms with Crippen LogP contribution in [0.2, 0.25) is 0 Å². The molecule has 9 nitrogen and oxygen atoms in total. The zero-order valence-corrected chi connectivity index (χ0v) is 12.1. The Balaban J connectivity index is -0.0000000655. The van der Waals surface area contributed by atoms with Crippen molar-refractivity contribution >= 4 is 44.1 Å². The Bertz CT molecular complexity index is 172. The maximum absolute atomic E-state index is 9.28. The van der Waals surface area contributed by atoms with Crippen molar-refractivity contribution in [3.63, 3.8) is 0 Å². The van der Waals surface area contributed by atoms with Crippen molar-refractivity contribution in [1.29, 1.82) is 0 Å². The molecule has 0 heterocycles.